The Hall–Kier alpha value is -2.44. The third-order valence-corrected chi connectivity index (χ3v) is 6.55. The maximum absolute atomic E-state index is 4.71. The third kappa shape index (κ3) is 3.27. The lowest BCUT2D eigenvalue weighted by molar-refractivity contribution is 0.178. The zero-order valence-electron chi connectivity index (χ0n) is 16.5. The molecule has 1 aliphatic heterocycles. The Morgan fingerprint density at radius 2 is 1.75 bits per heavy atom. The van der Waals surface area contributed by atoms with Crippen LogP contribution in [0.3, 0.4) is 0 Å². The second kappa shape index (κ2) is 7.18. The summed E-state index contributed by atoms with van der Waals surface area (Å²) in [6, 6.07) is 11.1. The maximum Gasteiger partial charge on any atom is 0.127 e. The highest BCUT2D eigenvalue weighted by atomic mass is 15.3. The van der Waals surface area contributed by atoms with E-state index < -0.39 is 0 Å². The van der Waals surface area contributed by atoms with Gasteiger partial charge in [0.2, 0.25) is 0 Å². The highest BCUT2D eigenvalue weighted by molar-refractivity contribution is 5.32. The molecule has 1 saturated carbocycles. The highest BCUT2D eigenvalue weighted by Crippen LogP contribution is 2.56. The predicted molar refractivity (Wildman–Crippen MR) is 109 cm³/mol. The highest BCUT2D eigenvalue weighted by Gasteiger charge is 2.56. The van der Waals surface area contributed by atoms with Crippen LogP contribution in [0.5, 0.6) is 0 Å². The van der Waals surface area contributed by atoms with Gasteiger partial charge in [-0.25, -0.2) is 9.97 Å². The standard InChI is InChI=1S/C22H28N6/c1-26-13-11-24-20(26)16-27(19-15-22(19)7-9-23-10-8-22)17-21-25-12-14-28(21)18-5-3-2-4-6-18/h2-6,11-14,19,23H,7-10,15-17H2,1H3. The molecule has 1 N–H and O–H groups in total. The lowest BCUT2D eigenvalue weighted by Crippen LogP contribution is -2.36. The molecule has 2 fully saturated rings. The van der Waals surface area contributed by atoms with Crippen LogP contribution in [0.15, 0.2) is 55.1 Å². The van der Waals surface area contributed by atoms with Gasteiger partial charge in [0, 0.05) is 43.6 Å². The minimum Gasteiger partial charge on any atom is -0.337 e. The Kier molecular flexibility index (Phi) is 4.53. The molecule has 1 unspecified atom stereocenters. The number of benzene rings is 1. The minimum atomic E-state index is 0.487. The number of piperidine rings is 1. The molecule has 1 aliphatic carbocycles. The summed E-state index contributed by atoms with van der Waals surface area (Å²) in [6.07, 6.45) is 11.8. The van der Waals surface area contributed by atoms with E-state index >= 15 is 0 Å². The summed E-state index contributed by atoms with van der Waals surface area (Å²) in [4.78, 5) is 11.9. The molecule has 1 atom stereocenters. The molecule has 2 aliphatic rings. The van der Waals surface area contributed by atoms with Gasteiger partial charge in [0.05, 0.1) is 13.1 Å². The molecule has 3 aromatic rings. The summed E-state index contributed by atoms with van der Waals surface area (Å²) >= 11 is 0. The lowest BCUT2D eigenvalue weighted by atomic mass is 9.93. The van der Waals surface area contributed by atoms with E-state index in [-0.39, 0.29) is 0 Å². The maximum atomic E-state index is 4.71. The topological polar surface area (TPSA) is 50.9 Å². The van der Waals surface area contributed by atoms with Gasteiger partial charge in [-0.1, -0.05) is 18.2 Å². The van der Waals surface area contributed by atoms with Gasteiger partial charge in [-0.05, 0) is 49.9 Å². The van der Waals surface area contributed by atoms with Crippen LogP contribution in [0, 0.1) is 5.41 Å². The fourth-order valence-electron chi connectivity index (χ4n) is 4.77. The van der Waals surface area contributed by atoms with Gasteiger partial charge >= 0.3 is 0 Å². The van der Waals surface area contributed by atoms with E-state index in [1.54, 1.807) is 0 Å². The normalized spacial score (nSPS) is 20.7. The molecule has 1 aromatic carbocycles. The van der Waals surface area contributed by atoms with Crippen molar-refractivity contribution in [1.29, 1.82) is 0 Å². The smallest absolute Gasteiger partial charge is 0.127 e. The van der Waals surface area contributed by atoms with Crippen LogP contribution in [0.2, 0.25) is 0 Å². The van der Waals surface area contributed by atoms with E-state index in [0.717, 1.165) is 37.8 Å². The number of aromatic nitrogens is 4. The Morgan fingerprint density at radius 3 is 2.50 bits per heavy atom. The van der Waals surface area contributed by atoms with Crippen LogP contribution in [0.25, 0.3) is 5.69 Å². The monoisotopic (exact) mass is 376 g/mol. The fourth-order valence-corrected chi connectivity index (χ4v) is 4.77. The molecule has 6 nitrogen and oxygen atoms in total. The Balaban J connectivity index is 1.41. The zero-order chi connectivity index (χ0) is 19.0. The Bertz CT molecular complexity index is 921. The van der Waals surface area contributed by atoms with Crippen molar-refractivity contribution in [1.82, 2.24) is 29.3 Å². The van der Waals surface area contributed by atoms with Crippen molar-refractivity contribution in [3.63, 3.8) is 0 Å². The van der Waals surface area contributed by atoms with Crippen molar-refractivity contribution in [2.24, 2.45) is 12.5 Å². The molecule has 0 amide bonds. The largest absolute Gasteiger partial charge is 0.337 e. The minimum absolute atomic E-state index is 0.487. The van der Waals surface area contributed by atoms with Crippen molar-refractivity contribution in [2.45, 2.75) is 38.4 Å². The van der Waals surface area contributed by atoms with Crippen molar-refractivity contribution in [3.8, 4) is 5.69 Å². The molecule has 2 aromatic heterocycles. The van der Waals surface area contributed by atoms with E-state index in [9.17, 15) is 0 Å². The summed E-state index contributed by atoms with van der Waals surface area (Å²) in [7, 11) is 2.08. The average Bonchev–Trinajstić information content (AvgIpc) is 3.05. The predicted octanol–water partition coefficient (Wildman–Crippen LogP) is 2.75. The molecule has 146 valence electrons. The number of para-hydroxylation sites is 1. The second-order valence-corrected chi connectivity index (χ2v) is 8.24. The first-order valence-corrected chi connectivity index (χ1v) is 10.2. The molecule has 0 radical (unpaired) electrons. The van der Waals surface area contributed by atoms with Crippen LogP contribution < -0.4 is 5.32 Å². The Labute approximate surface area is 166 Å². The van der Waals surface area contributed by atoms with E-state index in [1.807, 2.05) is 18.6 Å². The molecule has 3 heterocycles. The molecule has 1 spiro atoms. The number of nitrogens with zero attached hydrogens (tertiary/aromatic N) is 5. The summed E-state index contributed by atoms with van der Waals surface area (Å²) in [6.45, 7) is 4.00. The zero-order valence-corrected chi connectivity index (χ0v) is 16.5. The van der Waals surface area contributed by atoms with Crippen LogP contribution in [0.4, 0.5) is 0 Å². The van der Waals surface area contributed by atoms with Crippen molar-refractivity contribution in [3.05, 3.63) is 66.8 Å². The second-order valence-electron chi connectivity index (χ2n) is 8.24. The van der Waals surface area contributed by atoms with Gasteiger partial charge in [-0.2, -0.15) is 0 Å². The molecule has 6 heteroatoms. The first-order valence-electron chi connectivity index (χ1n) is 10.2. The molecule has 0 bridgehead atoms. The number of hydrogen-bond acceptors (Lipinski definition) is 4. The first kappa shape index (κ1) is 17.6. The Morgan fingerprint density at radius 1 is 1.04 bits per heavy atom. The van der Waals surface area contributed by atoms with Crippen molar-refractivity contribution >= 4 is 0 Å². The number of hydrogen-bond donors (Lipinski definition) is 1. The average molecular weight is 377 g/mol. The summed E-state index contributed by atoms with van der Waals surface area (Å²) in [5.74, 6) is 2.21. The van der Waals surface area contributed by atoms with E-state index in [4.69, 9.17) is 4.98 Å². The molecular formula is C22H28N6. The quantitative estimate of drug-likeness (QED) is 0.719. The van der Waals surface area contributed by atoms with E-state index in [0.29, 0.717) is 11.5 Å². The number of nitrogens with one attached hydrogen (secondary N) is 1. The summed E-state index contributed by atoms with van der Waals surface area (Å²) in [5, 5.41) is 3.52. The fraction of sp³-hybridized carbons (Fsp3) is 0.455. The van der Waals surface area contributed by atoms with Crippen LogP contribution >= 0.6 is 0 Å². The molecule has 1 saturated heterocycles. The van der Waals surface area contributed by atoms with E-state index in [1.165, 1.54) is 24.9 Å². The molecular weight excluding hydrogens is 348 g/mol. The molecule has 28 heavy (non-hydrogen) atoms. The summed E-state index contributed by atoms with van der Waals surface area (Å²) in [5.41, 5.74) is 1.65. The van der Waals surface area contributed by atoms with Crippen LogP contribution in [-0.4, -0.2) is 43.1 Å². The van der Waals surface area contributed by atoms with Crippen molar-refractivity contribution in [2.75, 3.05) is 13.1 Å². The van der Waals surface area contributed by atoms with Crippen LogP contribution in [-0.2, 0) is 20.1 Å². The van der Waals surface area contributed by atoms with E-state index in [2.05, 4.69) is 67.9 Å². The van der Waals surface area contributed by atoms with Gasteiger partial charge in [0.15, 0.2) is 0 Å². The van der Waals surface area contributed by atoms with Gasteiger partial charge < -0.3 is 14.5 Å². The van der Waals surface area contributed by atoms with Crippen molar-refractivity contribution < 1.29 is 0 Å². The number of aryl methyl sites for hydroxylation is 1. The first-order chi connectivity index (χ1) is 13.8. The van der Waals surface area contributed by atoms with Gasteiger partial charge in [0.1, 0.15) is 11.6 Å². The third-order valence-electron chi connectivity index (χ3n) is 6.55. The molecule has 5 rings (SSSR count). The van der Waals surface area contributed by atoms with Gasteiger partial charge in [-0.15, -0.1) is 0 Å². The number of imidazole rings is 2. The van der Waals surface area contributed by atoms with Gasteiger partial charge in [-0.3, -0.25) is 4.90 Å². The summed E-state index contributed by atoms with van der Waals surface area (Å²) < 4.78 is 4.34. The lowest BCUT2D eigenvalue weighted by Gasteiger charge is -2.29. The van der Waals surface area contributed by atoms with Crippen LogP contribution in [0.1, 0.15) is 30.9 Å². The SMILES string of the molecule is Cn1ccnc1CN(Cc1nccn1-c1ccccc1)C1CC12CCNCC2. The van der Waals surface area contributed by atoms with Gasteiger partial charge in [0.25, 0.3) is 0 Å². The number of rotatable bonds is 6.